The van der Waals surface area contributed by atoms with Gasteiger partial charge in [0.15, 0.2) is 5.13 Å². The summed E-state index contributed by atoms with van der Waals surface area (Å²) in [6.07, 6.45) is 7.44. The van der Waals surface area contributed by atoms with Gasteiger partial charge >= 0.3 is 6.09 Å². The van der Waals surface area contributed by atoms with Crippen molar-refractivity contribution < 1.29 is 38.1 Å². The molecule has 3 amide bonds. The van der Waals surface area contributed by atoms with Crippen molar-refractivity contribution in [3.63, 3.8) is 0 Å². The molecule has 2 saturated heterocycles. The molecule has 1 unspecified atom stereocenters. The molecule has 0 radical (unpaired) electrons. The highest BCUT2D eigenvalue weighted by Gasteiger charge is 2.66. The highest BCUT2D eigenvalue weighted by molar-refractivity contribution is 7.59. The summed E-state index contributed by atoms with van der Waals surface area (Å²) in [5.41, 5.74) is 2.37. The fraction of sp³-hybridized carbons (Fsp3) is 0.543. The van der Waals surface area contributed by atoms with Gasteiger partial charge in [0.05, 0.1) is 31.0 Å². The van der Waals surface area contributed by atoms with Crippen LogP contribution in [0.2, 0.25) is 5.02 Å². The van der Waals surface area contributed by atoms with Crippen molar-refractivity contribution in [2.45, 2.75) is 139 Å². The molecule has 14 nitrogen and oxygen atoms in total. The second-order valence-corrected chi connectivity index (χ2v) is 21.6. The molecule has 4 fully saturated rings. The predicted molar refractivity (Wildman–Crippen MR) is 245 cm³/mol. The number of hydrogen-bond donors (Lipinski definition) is 4. The lowest BCUT2D eigenvalue weighted by Crippen LogP contribution is -2.55. The summed E-state index contributed by atoms with van der Waals surface area (Å²) >= 11 is 7.97. The van der Waals surface area contributed by atoms with Crippen molar-refractivity contribution in [2.75, 3.05) is 19.0 Å². The Kier molecular flexibility index (Phi) is 13.9. The van der Waals surface area contributed by atoms with Crippen LogP contribution in [0.5, 0.6) is 11.5 Å². The van der Waals surface area contributed by atoms with Gasteiger partial charge in [-0.05, 0) is 88.5 Å². The van der Waals surface area contributed by atoms with E-state index in [-0.39, 0.29) is 37.2 Å². The van der Waals surface area contributed by atoms with Crippen molar-refractivity contribution in [3.8, 4) is 22.9 Å². The third-order valence-electron chi connectivity index (χ3n) is 12.9. The number of benzene rings is 2. The molecule has 4 N–H and O–H groups in total. The average molecular weight is 921 g/mol. The van der Waals surface area contributed by atoms with E-state index in [2.05, 4.69) is 16.0 Å². The van der Waals surface area contributed by atoms with Crippen LogP contribution in [-0.2, 0) is 25.1 Å². The number of pyridine rings is 1. The number of fused-ring (bicyclic) bond motifs is 3. The minimum atomic E-state index is -4.12. The first kappa shape index (κ1) is 45.1. The van der Waals surface area contributed by atoms with E-state index in [4.69, 9.17) is 35.8 Å². The van der Waals surface area contributed by atoms with Gasteiger partial charge in [0.1, 0.15) is 46.8 Å². The van der Waals surface area contributed by atoms with Gasteiger partial charge in [0.25, 0.3) is 0 Å². The van der Waals surface area contributed by atoms with E-state index in [1.807, 2.05) is 43.5 Å². The van der Waals surface area contributed by atoms with Crippen LogP contribution < -0.4 is 25.4 Å². The Morgan fingerprint density at radius 3 is 2.51 bits per heavy atom. The van der Waals surface area contributed by atoms with Gasteiger partial charge in [0, 0.05) is 40.4 Å². The first-order valence-corrected chi connectivity index (χ1v) is 25.5. The van der Waals surface area contributed by atoms with Crippen molar-refractivity contribution in [1.82, 2.24) is 25.5 Å². The first-order chi connectivity index (χ1) is 30.3. The lowest BCUT2D eigenvalue weighted by molar-refractivity contribution is -0.140. The number of nitrogens with one attached hydrogen (secondary N) is 3. The summed E-state index contributed by atoms with van der Waals surface area (Å²) in [7, 11) is -2.53. The number of alkyl carbamates (subject to hydrolysis) is 1. The quantitative estimate of drug-likeness (QED) is 0.105. The van der Waals surface area contributed by atoms with Crippen LogP contribution in [0.25, 0.3) is 22.3 Å². The Labute approximate surface area is 377 Å². The van der Waals surface area contributed by atoms with Gasteiger partial charge in [-0.25, -0.2) is 14.8 Å². The van der Waals surface area contributed by atoms with Crippen LogP contribution in [0.15, 0.2) is 53.9 Å². The molecular formula is C46H58ClN6O8PS. The number of thiazole rings is 1. The van der Waals surface area contributed by atoms with Crippen molar-refractivity contribution >= 4 is 64.2 Å². The molecule has 2 aliphatic carbocycles. The summed E-state index contributed by atoms with van der Waals surface area (Å²) in [6, 6.07) is 12.5. The molecule has 338 valence electrons. The number of anilines is 1. The highest BCUT2D eigenvalue weighted by Crippen LogP contribution is 2.72. The van der Waals surface area contributed by atoms with E-state index < -0.39 is 48.7 Å². The number of amides is 3. The normalized spacial score (nSPS) is 25.6. The molecule has 6 atom stereocenters. The van der Waals surface area contributed by atoms with Gasteiger partial charge in [-0.15, -0.1) is 11.3 Å². The SMILES string of the molecule is COc1ccc2c(O[C@@H]3C[C@H]4C(=O)N[C@]5(P(=O)(O)Cc6ccccc6Cl)C[C@H]5CCCCCCC[C@H](NC(=O)OC5CCCC5)C(=O)N4C3)cc(-c3csc(NC(C)C)n3)nc2c1. The van der Waals surface area contributed by atoms with Crippen LogP contribution in [0.3, 0.4) is 0 Å². The van der Waals surface area contributed by atoms with E-state index in [0.717, 1.165) is 56.5 Å². The number of aromatic nitrogens is 2. The van der Waals surface area contributed by atoms with Gasteiger partial charge in [-0.1, -0.05) is 61.9 Å². The van der Waals surface area contributed by atoms with Gasteiger partial charge in [-0.2, -0.15) is 0 Å². The minimum absolute atomic E-state index is 0.0219. The highest BCUT2D eigenvalue weighted by atomic mass is 35.5. The maximum absolute atomic E-state index is 14.9. The van der Waals surface area contributed by atoms with E-state index in [1.54, 1.807) is 31.4 Å². The third-order valence-corrected chi connectivity index (χ3v) is 16.7. The fourth-order valence-corrected chi connectivity index (χ4v) is 13.1. The number of methoxy groups -OCH3 is 1. The van der Waals surface area contributed by atoms with Crippen LogP contribution in [0, 0.1) is 5.92 Å². The molecule has 2 aromatic heterocycles. The monoisotopic (exact) mass is 920 g/mol. The summed E-state index contributed by atoms with van der Waals surface area (Å²) in [4.78, 5) is 66.3. The zero-order chi connectivity index (χ0) is 44.3. The Morgan fingerprint density at radius 1 is 1.00 bits per heavy atom. The van der Waals surface area contributed by atoms with Crippen LogP contribution in [0.1, 0.15) is 103 Å². The molecule has 8 rings (SSSR count). The molecule has 0 bridgehead atoms. The second-order valence-electron chi connectivity index (χ2n) is 17.8. The van der Waals surface area contributed by atoms with Crippen molar-refractivity contribution in [1.29, 1.82) is 0 Å². The Morgan fingerprint density at radius 2 is 1.75 bits per heavy atom. The fourth-order valence-electron chi connectivity index (χ4n) is 9.47. The van der Waals surface area contributed by atoms with Gasteiger partial charge in [0.2, 0.25) is 19.2 Å². The molecular weight excluding hydrogens is 863 g/mol. The van der Waals surface area contributed by atoms with E-state index >= 15 is 0 Å². The third kappa shape index (κ3) is 10.3. The molecule has 4 heterocycles. The topological polar surface area (TPSA) is 181 Å². The maximum atomic E-state index is 14.9. The Balaban J connectivity index is 1.13. The molecule has 2 saturated carbocycles. The van der Waals surface area contributed by atoms with Crippen LogP contribution in [0.4, 0.5) is 9.93 Å². The van der Waals surface area contributed by atoms with E-state index in [9.17, 15) is 23.8 Å². The Hall–Kier alpha value is -4.43. The molecule has 2 aliphatic heterocycles. The van der Waals surface area contributed by atoms with Crippen molar-refractivity contribution in [2.24, 2.45) is 5.92 Å². The number of hydrogen-bond acceptors (Lipinski definition) is 11. The zero-order valence-corrected chi connectivity index (χ0v) is 38.6. The number of nitrogens with zero attached hydrogens (tertiary/aromatic N) is 3. The lowest BCUT2D eigenvalue weighted by atomic mass is 10.0. The number of rotatable bonds is 11. The molecule has 0 spiro atoms. The average Bonchev–Trinajstić information content (AvgIpc) is 3.66. The number of carbonyl (C=O) groups excluding carboxylic acids is 3. The maximum Gasteiger partial charge on any atom is 0.408 e. The largest absolute Gasteiger partial charge is 0.497 e. The number of halogens is 1. The lowest BCUT2D eigenvalue weighted by Gasteiger charge is -2.31. The van der Waals surface area contributed by atoms with Crippen LogP contribution >= 0.6 is 30.3 Å². The Bertz CT molecular complexity index is 2360. The van der Waals surface area contributed by atoms with E-state index in [1.165, 1.54) is 16.2 Å². The molecule has 63 heavy (non-hydrogen) atoms. The number of ether oxygens (including phenoxy) is 3. The number of carbonyl (C=O) groups is 3. The van der Waals surface area contributed by atoms with E-state index in [0.29, 0.717) is 70.1 Å². The summed E-state index contributed by atoms with van der Waals surface area (Å²) in [5.74, 6) is -0.0896. The standard InChI is InChI=1S/C46H58ClN6O8PS/c1-28(2)48-44-50-39(27-63-44)38-23-41(34-20-19-32(59-3)21-37(34)49-38)60-33-22-40-42(54)52-46(62(57,58)26-29-13-9-12-17-35(29)47)24-30(46)14-7-5-4-6-8-18-36(43(55)53(40)25-33)51-45(56)61-31-15-10-11-16-31/h9,12-13,17,19-21,23,27-28,30-31,33,36,40H,4-8,10-11,14-16,18,22,24-26H2,1-3H3,(H,48,50)(H,51,56)(H,52,54)(H,57,58)/t30-,33-,36+,40+,46+/m1/s1. The van der Waals surface area contributed by atoms with Crippen LogP contribution in [-0.4, -0.2) is 86.9 Å². The summed E-state index contributed by atoms with van der Waals surface area (Å²) in [5, 5.41) is 11.7. The molecule has 4 aromatic rings. The summed E-state index contributed by atoms with van der Waals surface area (Å²) in [6.45, 7) is 4.11. The minimum Gasteiger partial charge on any atom is -0.497 e. The molecule has 17 heteroatoms. The zero-order valence-electron chi connectivity index (χ0n) is 36.1. The first-order valence-electron chi connectivity index (χ1n) is 22.4. The molecule has 4 aliphatic rings. The van der Waals surface area contributed by atoms with Gasteiger partial charge < -0.3 is 40.0 Å². The second kappa shape index (κ2) is 19.4. The molecule has 2 aromatic carbocycles. The predicted octanol–water partition coefficient (Wildman–Crippen LogP) is 9.27. The smallest absolute Gasteiger partial charge is 0.408 e. The van der Waals surface area contributed by atoms with Gasteiger partial charge in [-0.3, -0.25) is 14.2 Å². The van der Waals surface area contributed by atoms with Crippen molar-refractivity contribution in [3.05, 3.63) is 64.5 Å². The summed E-state index contributed by atoms with van der Waals surface area (Å²) < 4.78 is 32.8.